The van der Waals surface area contributed by atoms with E-state index in [1.807, 2.05) is 36.4 Å². The molecule has 0 radical (unpaired) electrons. The second kappa shape index (κ2) is 6.99. The fourth-order valence-electron chi connectivity index (χ4n) is 3.61. The van der Waals surface area contributed by atoms with E-state index in [2.05, 4.69) is 0 Å². The Morgan fingerprint density at radius 2 is 1.81 bits per heavy atom. The first-order valence-corrected chi connectivity index (χ1v) is 9.26. The molecule has 2 aromatic carbocycles. The summed E-state index contributed by atoms with van der Waals surface area (Å²) in [6.07, 6.45) is 2.86. The summed E-state index contributed by atoms with van der Waals surface area (Å²) in [7, 11) is 0. The van der Waals surface area contributed by atoms with Crippen molar-refractivity contribution in [3.8, 4) is 0 Å². The molecule has 2 aliphatic rings. The van der Waals surface area contributed by atoms with Crippen LogP contribution in [0, 0.1) is 0 Å². The summed E-state index contributed by atoms with van der Waals surface area (Å²) >= 11 is 0. The highest BCUT2D eigenvalue weighted by Gasteiger charge is 2.52. The third-order valence-corrected chi connectivity index (χ3v) is 5.35. The highest BCUT2D eigenvalue weighted by molar-refractivity contribution is 6.01. The predicted octanol–water partition coefficient (Wildman–Crippen LogP) is 3.27. The lowest BCUT2D eigenvalue weighted by molar-refractivity contribution is -0.145. The van der Waals surface area contributed by atoms with Crippen molar-refractivity contribution in [2.45, 2.75) is 31.1 Å². The van der Waals surface area contributed by atoms with Crippen LogP contribution >= 0.6 is 0 Å². The summed E-state index contributed by atoms with van der Waals surface area (Å²) in [4.78, 5) is 38.6. The molecule has 1 saturated heterocycles. The number of ketones is 1. The first-order valence-electron chi connectivity index (χ1n) is 9.26. The number of Topliss-reactive ketones (excluding diaryl/α,β-unsaturated/α-hetero) is 1. The highest BCUT2D eigenvalue weighted by Crippen LogP contribution is 2.49. The van der Waals surface area contributed by atoms with Crippen molar-refractivity contribution in [3.63, 3.8) is 0 Å². The molecule has 4 rings (SSSR count). The molecule has 0 aromatic heterocycles. The molecule has 1 aliphatic carbocycles. The zero-order valence-corrected chi connectivity index (χ0v) is 15.0. The second-order valence-corrected chi connectivity index (χ2v) is 7.15. The molecule has 5 nitrogen and oxygen atoms in total. The number of hydrogen-bond donors (Lipinski definition) is 0. The zero-order valence-electron chi connectivity index (χ0n) is 15.0. The molecule has 1 saturated carbocycles. The first kappa shape index (κ1) is 17.5. The van der Waals surface area contributed by atoms with Crippen LogP contribution < -0.4 is 4.90 Å². The third kappa shape index (κ3) is 3.37. The van der Waals surface area contributed by atoms with Gasteiger partial charge in [-0.05, 0) is 37.0 Å². The van der Waals surface area contributed by atoms with Gasteiger partial charge in [0.25, 0.3) is 0 Å². The molecule has 1 amide bonds. The lowest BCUT2D eigenvalue weighted by Gasteiger charge is -2.17. The van der Waals surface area contributed by atoms with E-state index in [0.29, 0.717) is 18.5 Å². The standard InChI is InChI=1S/C22H21NO4/c24-19(16-6-4-9-18(14-16)23-13-5-10-20(23)25)15-27-21(26)22(11-12-22)17-7-2-1-3-8-17/h1-4,6-9,14H,5,10-13,15H2. The number of hydrogen-bond acceptors (Lipinski definition) is 4. The van der Waals surface area contributed by atoms with E-state index in [-0.39, 0.29) is 24.3 Å². The van der Waals surface area contributed by atoms with Gasteiger partial charge in [-0.3, -0.25) is 14.4 Å². The molecule has 27 heavy (non-hydrogen) atoms. The van der Waals surface area contributed by atoms with Crippen molar-refractivity contribution in [2.24, 2.45) is 0 Å². The number of rotatable bonds is 6. The van der Waals surface area contributed by atoms with Crippen LogP contribution in [0.4, 0.5) is 5.69 Å². The minimum atomic E-state index is -0.592. The summed E-state index contributed by atoms with van der Waals surface area (Å²) in [5, 5.41) is 0. The van der Waals surface area contributed by atoms with Gasteiger partial charge in [0.15, 0.2) is 12.4 Å². The van der Waals surface area contributed by atoms with Crippen molar-refractivity contribution in [1.29, 1.82) is 0 Å². The topological polar surface area (TPSA) is 63.7 Å². The number of carbonyl (C=O) groups is 3. The van der Waals surface area contributed by atoms with Gasteiger partial charge < -0.3 is 9.64 Å². The van der Waals surface area contributed by atoms with E-state index in [9.17, 15) is 14.4 Å². The first-order chi connectivity index (χ1) is 13.1. The molecule has 0 spiro atoms. The minimum Gasteiger partial charge on any atom is -0.457 e. The van der Waals surface area contributed by atoms with Crippen LogP contribution in [0.15, 0.2) is 54.6 Å². The van der Waals surface area contributed by atoms with E-state index in [1.165, 1.54) is 0 Å². The van der Waals surface area contributed by atoms with Crippen molar-refractivity contribution >= 4 is 23.3 Å². The molecule has 0 N–H and O–H groups in total. The van der Waals surface area contributed by atoms with Crippen LogP contribution in [0.2, 0.25) is 0 Å². The van der Waals surface area contributed by atoms with Gasteiger partial charge in [0.1, 0.15) is 0 Å². The summed E-state index contributed by atoms with van der Waals surface area (Å²) in [5.41, 5.74) is 1.52. The Labute approximate surface area is 157 Å². The molecule has 1 aliphatic heterocycles. The van der Waals surface area contributed by atoms with Crippen molar-refractivity contribution in [3.05, 3.63) is 65.7 Å². The van der Waals surface area contributed by atoms with Gasteiger partial charge in [0, 0.05) is 24.2 Å². The maximum atomic E-state index is 12.6. The molecule has 2 fully saturated rings. The Morgan fingerprint density at radius 1 is 1.04 bits per heavy atom. The largest absolute Gasteiger partial charge is 0.457 e. The smallest absolute Gasteiger partial charge is 0.317 e. The normalized spacial score (nSPS) is 17.6. The molecule has 0 atom stereocenters. The van der Waals surface area contributed by atoms with Crippen LogP contribution in [-0.4, -0.2) is 30.8 Å². The van der Waals surface area contributed by atoms with E-state index in [0.717, 1.165) is 30.5 Å². The fourth-order valence-corrected chi connectivity index (χ4v) is 3.61. The fraction of sp³-hybridized carbons (Fsp3) is 0.318. The molecule has 1 heterocycles. The van der Waals surface area contributed by atoms with Gasteiger partial charge in [-0.25, -0.2) is 0 Å². The second-order valence-electron chi connectivity index (χ2n) is 7.15. The molecule has 0 bridgehead atoms. The van der Waals surface area contributed by atoms with Gasteiger partial charge in [-0.15, -0.1) is 0 Å². The molecular weight excluding hydrogens is 342 g/mol. The van der Waals surface area contributed by atoms with E-state index >= 15 is 0 Å². The molecule has 2 aromatic rings. The lowest BCUT2D eigenvalue weighted by Crippen LogP contribution is -2.26. The van der Waals surface area contributed by atoms with E-state index in [4.69, 9.17) is 4.74 Å². The molecular formula is C22H21NO4. The number of amides is 1. The average Bonchev–Trinajstić information content (AvgIpc) is 3.42. The SMILES string of the molecule is O=C(COC(=O)C1(c2ccccc2)CC1)c1cccc(N2CCCC2=O)c1. The van der Waals surface area contributed by atoms with Gasteiger partial charge >= 0.3 is 5.97 Å². The van der Waals surface area contributed by atoms with E-state index < -0.39 is 5.41 Å². The summed E-state index contributed by atoms with van der Waals surface area (Å²) in [6.45, 7) is 0.385. The number of anilines is 1. The lowest BCUT2D eigenvalue weighted by atomic mass is 9.96. The van der Waals surface area contributed by atoms with Crippen LogP contribution in [0.25, 0.3) is 0 Å². The highest BCUT2D eigenvalue weighted by atomic mass is 16.5. The number of esters is 1. The number of benzene rings is 2. The van der Waals surface area contributed by atoms with Crippen molar-refractivity contribution in [1.82, 2.24) is 0 Å². The van der Waals surface area contributed by atoms with Crippen molar-refractivity contribution < 1.29 is 19.1 Å². The maximum Gasteiger partial charge on any atom is 0.317 e. The Balaban J connectivity index is 1.41. The molecule has 0 unspecified atom stereocenters. The predicted molar refractivity (Wildman–Crippen MR) is 101 cm³/mol. The van der Waals surface area contributed by atoms with Crippen LogP contribution in [0.1, 0.15) is 41.6 Å². The van der Waals surface area contributed by atoms with Crippen LogP contribution in [0.5, 0.6) is 0 Å². The van der Waals surface area contributed by atoms with Gasteiger partial charge in [0.05, 0.1) is 5.41 Å². The Hall–Kier alpha value is -2.95. The minimum absolute atomic E-state index is 0.0737. The maximum absolute atomic E-state index is 12.6. The quantitative estimate of drug-likeness (QED) is 0.584. The van der Waals surface area contributed by atoms with Gasteiger partial charge in [-0.1, -0.05) is 42.5 Å². The number of nitrogens with zero attached hydrogens (tertiary/aromatic N) is 1. The number of carbonyl (C=O) groups excluding carboxylic acids is 3. The Bertz CT molecular complexity index is 886. The molecule has 138 valence electrons. The Kier molecular flexibility index (Phi) is 4.52. The average molecular weight is 363 g/mol. The summed E-state index contributed by atoms with van der Waals surface area (Å²) in [6, 6.07) is 16.5. The monoisotopic (exact) mass is 363 g/mol. The van der Waals surface area contributed by atoms with Crippen LogP contribution in [0.3, 0.4) is 0 Å². The van der Waals surface area contributed by atoms with E-state index in [1.54, 1.807) is 23.1 Å². The molecule has 5 heteroatoms. The zero-order chi connectivity index (χ0) is 18.9. The van der Waals surface area contributed by atoms with Gasteiger partial charge in [-0.2, -0.15) is 0 Å². The third-order valence-electron chi connectivity index (χ3n) is 5.35. The number of ether oxygens (including phenoxy) is 1. The Morgan fingerprint density at radius 3 is 2.48 bits per heavy atom. The van der Waals surface area contributed by atoms with Crippen LogP contribution in [-0.2, 0) is 19.7 Å². The van der Waals surface area contributed by atoms with Gasteiger partial charge in [0.2, 0.25) is 5.91 Å². The summed E-state index contributed by atoms with van der Waals surface area (Å²) in [5.74, 6) is -0.529. The van der Waals surface area contributed by atoms with Crippen molar-refractivity contribution in [2.75, 3.05) is 18.1 Å². The summed E-state index contributed by atoms with van der Waals surface area (Å²) < 4.78 is 5.36.